The van der Waals surface area contributed by atoms with Crippen LogP contribution in [0.25, 0.3) is 11.1 Å². The van der Waals surface area contributed by atoms with Gasteiger partial charge in [0.2, 0.25) is 0 Å². The number of benzene rings is 2. The fourth-order valence-corrected chi connectivity index (χ4v) is 3.93. The van der Waals surface area contributed by atoms with E-state index in [1.807, 2.05) is 6.92 Å². The van der Waals surface area contributed by atoms with Crippen LogP contribution < -0.4 is 20.0 Å². The van der Waals surface area contributed by atoms with E-state index in [-0.39, 0.29) is 34.8 Å². The van der Waals surface area contributed by atoms with Crippen molar-refractivity contribution in [2.45, 2.75) is 24.8 Å². The first-order chi connectivity index (χ1) is 14.8. The standard InChI is InChI=1S/C20H22N2O8S/c1-4-9-29-19(23)12-22-16-7-6-14(11-18(16)30-20(22)24)31(25,26)21-15-10-13(27-2)5-8-17(15)28-3/h5-8,10-11,21H,4,9,12H2,1-3H3. The van der Waals surface area contributed by atoms with Gasteiger partial charge < -0.3 is 18.6 Å². The minimum Gasteiger partial charge on any atom is -0.497 e. The number of sulfonamides is 1. The van der Waals surface area contributed by atoms with Gasteiger partial charge in [-0.3, -0.25) is 14.1 Å². The highest BCUT2D eigenvalue weighted by Crippen LogP contribution is 2.31. The number of fused-ring (bicyclic) bond motifs is 1. The Balaban J connectivity index is 1.93. The smallest absolute Gasteiger partial charge is 0.420 e. The summed E-state index contributed by atoms with van der Waals surface area (Å²) >= 11 is 0. The molecule has 0 bridgehead atoms. The molecule has 0 fully saturated rings. The molecule has 166 valence electrons. The summed E-state index contributed by atoms with van der Waals surface area (Å²) in [5.74, 6) is -0.642. The van der Waals surface area contributed by atoms with Crippen molar-refractivity contribution in [2.75, 3.05) is 25.5 Å². The highest BCUT2D eigenvalue weighted by Gasteiger charge is 2.21. The van der Waals surface area contributed by atoms with Gasteiger partial charge in [-0.05, 0) is 30.7 Å². The van der Waals surface area contributed by atoms with Crippen LogP contribution in [0.1, 0.15) is 13.3 Å². The van der Waals surface area contributed by atoms with Crippen molar-refractivity contribution >= 4 is 32.8 Å². The number of carbonyl (C=O) groups excluding carboxylic acids is 1. The van der Waals surface area contributed by atoms with Gasteiger partial charge >= 0.3 is 11.7 Å². The maximum Gasteiger partial charge on any atom is 0.420 e. The molecule has 31 heavy (non-hydrogen) atoms. The highest BCUT2D eigenvalue weighted by atomic mass is 32.2. The van der Waals surface area contributed by atoms with Crippen molar-refractivity contribution < 1.29 is 31.8 Å². The first-order valence-electron chi connectivity index (χ1n) is 9.33. The lowest BCUT2D eigenvalue weighted by molar-refractivity contribution is -0.144. The summed E-state index contributed by atoms with van der Waals surface area (Å²) in [4.78, 5) is 23.9. The number of aromatic nitrogens is 1. The molecule has 1 heterocycles. The third kappa shape index (κ3) is 4.82. The van der Waals surface area contributed by atoms with E-state index in [9.17, 15) is 18.0 Å². The molecule has 0 radical (unpaired) electrons. The largest absolute Gasteiger partial charge is 0.497 e. The maximum absolute atomic E-state index is 12.9. The van der Waals surface area contributed by atoms with Crippen LogP contribution in [0.3, 0.4) is 0 Å². The summed E-state index contributed by atoms with van der Waals surface area (Å²) < 4.78 is 49.7. The zero-order chi connectivity index (χ0) is 22.6. The van der Waals surface area contributed by atoms with Gasteiger partial charge in [0.1, 0.15) is 18.0 Å². The molecule has 11 heteroatoms. The molecule has 0 unspecified atom stereocenters. The molecular formula is C20H22N2O8S. The molecule has 10 nitrogen and oxygen atoms in total. The molecule has 0 atom stereocenters. The fraction of sp³-hybridized carbons (Fsp3) is 0.300. The minimum absolute atomic E-state index is 0.0220. The first-order valence-corrected chi connectivity index (χ1v) is 10.8. The SMILES string of the molecule is CCCOC(=O)Cn1c(=O)oc2cc(S(=O)(=O)Nc3cc(OC)ccc3OC)ccc21. The molecule has 0 aliphatic rings. The van der Waals surface area contributed by atoms with Gasteiger partial charge in [0.05, 0.1) is 36.9 Å². The van der Waals surface area contributed by atoms with Gasteiger partial charge in [-0.1, -0.05) is 6.92 Å². The van der Waals surface area contributed by atoms with Crippen LogP contribution >= 0.6 is 0 Å². The Labute approximate surface area is 178 Å². The second-order valence-electron chi connectivity index (χ2n) is 6.48. The lowest BCUT2D eigenvalue weighted by Gasteiger charge is -2.13. The quantitative estimate of drug-likeness (QED) is 0.493. The van der Waals surface area contributed by atoms with E-state index in [0.29, 0.717) is 17.9 Å². The minimum atomic E-state index is -4.05. The van der Waals surface area contributed by atoms with Gasteiger partial charge in [0.25, 0.3) is 10.0 Å². The van der Waals surface area contributed by atoms with Crippen molar-refractivity contribution in [3.8, 4) is 11.5 Å². The number of rotatable bonds is 9. The van der Waals surface area contributed by atoms with Gasteiger partial charge in [0, 0.05) is 12.1 Å². The summed E-state index contributed by atoms with van der Waals surface area (Å²) in [5.41, 5.74) is 0.477. The number of nitrogens with zero attached hydrogens (tertiary/aromatic N) is 1. The Morgan fingerprint density at radius 1 is 1.13 bits per heavy atom. The number of carbonyl (C=O) groups is 1. The average molecular weight is 450 g/mol. The lowest BCUT2D eigenvalue weighted by atomic mass is 10.3. The number of hydrogen-bond donors (Lipinski definition) is 1. The lowest BCUT2D eigenvalue weighted by Crippen LogP contribution is -2.21. The Morgan fingerprint density at radius 3 is 2.58 bits per heavy atom. The van der Waals surface area contributed by atoms with Crippen LogP contribution in [-0.2, 0) is 26.1 Å². The molecule has 0 amide bonds. The zero-order valence-corrected chi connectivity index (χ0v) is 18.0. The predicted octanol–water partition coefficient (Wildman–Crippen LogP) is 2.37. The van der Waals surface area contributed by atoms with Crippen LogP contribution in [0, 0.1) is 0 Å². The monoisotopic (exact) mass is 450 g/mol. The van der Waals surface area contributed by atoms with E-state index in [2.05, 4.69) is 4.72 Å². The van der Waals surface area contributed by atoms with Crippen LogP contribution in [0.15, 0.2) is 50.5 Å². The number of nitrogens with one attached hydrogen (secondary N) is 1. The number of anilines is 1. The van der Waals surface area contributed by atoms with Crippen molar-refractivity contribution in [1.82, 2.24) is 4.57 Å². The van der Waals surface area contributed by atoms with Gasteiger partial charge in [0.15, 0.2) is 5.58 Å². The van der Waals surface area contributed by atoms with Crippen molar-refractivity contribution in [3.63, 3.8) is 0 Å². The molecule has 3 aromatic rings. The number of hydrogen-bond acceptors (Lipinski definition) is 8. The predicted molar refractivity (Wildman–Crippen MR) is 112 cm³/mol. The molecule has 0 spiro atoms. The third-order valence-electron chi connectivity index (χ3n) is 4.36. The third-order valence-corrected chi connectivity index (χ3v) is 5.72. The van der Waals surface area contributed by atoms with Gasteiger partial charge in [-0.2, -0.15) is 0 Å². The van der Waals surface area contributed by atoms with Gasteiger partial charge in [-0.15, -0.1) is 0 Å². The van der Waals surface area contributed by atoms with Crippen LogP contribution in [0.4, 0.5) is 5.69 Å². The van der Waals surface area contributed by atoms with Gasteiger partial charge in [-0.25, -0.2) is 13.2 Å². The summed E-state index contributed by atoms with van der Waals surface area (Å²) in [6.07, 6.45) is 0.652. The zero-order valence-electron chi connectivity index (χ0n) is 17.2. The van der Waals surface area contributed by atoms with Crippen molar-refractivity contribution in [1.29, 1.82) is 0 Å². The summed E-state index contributed by atoms with van der Waals surface area (Å²) in [6.45, 7) is 1.76. The second-order valence-corrected chi connectivity index (χ2v) is 8.16. The molecule has 3 rings (SSSR count). The van der Waals surface area contributed by atoms with Crippen LogP contribution in [0.2, 0.25) is 0 Å². The van der Waals surface area contributed by atoms with E-state index in [1.54, 1.807) is 12.1 Å². The number of esters is 1. The number of methoxy groups -OCH3 is 2. The van der Waals surface area contributed by atoms with E-state index in [4.69, 9.17) is 18.6 Å². The Morgan fingerprint density at radius 2 is 1.90 bits per heavy atom. The fourth-order valence-electron chi connectivity index (χ4n) is 2.85. The second kappa shape index (κ2) is 9.13. The van der Waals surface area contributed by atoms with Crippen LogP contribution in [0.5, 0.6) is 11.5 Å². The Kier molecular flexibility index (Phi) is 6.54. The van der Waals surface area contributed by atoms with E-state index < -0.39 is 21.7 Å². The Bertz CT molecular complexity index is 1260. The molecule has 0 saturated heterocycles. The van der Waals surface area contributed by atoms with Crippen LogP contribution in [-0.4, -0.2) is 39.8 Å². The van der Waals surface area contributed by atoms with Crippen molar-refractivity contribution in [2.24, 2.45) is 0 Å². The molecule has 2 aromatic carbocycles. The molecule has 1 aromatic heterocycles. The van der Waals surface area contributed by atoms with E-state index >= 15 is 0 Å². The summed E-state index contributed by atoms with van der Waals surface area (Å²) in [7, 11) is -1.18. The molecule has 1 N–H and O–H groups in total. The van der Waals surface area contributed by atoms with E-state index in [0.717, 1.165) is 4.57 Å². The molecule has 0 aliphatic carbocycles. The summed E-state index contributed by atoms with van der Waals surface area (Å²) in [5, 5.41) is 0. The molecular weight excluding hydrogens is 428 g/mol. The topological polar surface area (TPSA) is 126 Å². The Hall–Kier alpha value is -3.47. The first kappa shape index (κ1) is 22.2. The highest BCUT2D eigenvalue weighted by molar-refractivity contribution is 7.92. The number of oxazole rings is 1. The molecule has 0 saturated carbocycles. The average Bonchev–Trinajstić information content (AvgIpc) is 3.06. The molecule has 0 aliphatic heterocycles. The van der Waals surface area contributed by atoms with E-state index in [1.165, 1.54) is 38.5 Å². The summed E-state index contributed by atoms with van der Waals surface area (Å²) in [6, 6.07) is 8.58. The maximum atomic E-state index is 12.9. The van der Waals surface area contributed by atoms with Crippen molar-refractivity contribution in [3.05, 3.63) is 46.9 Å². The number of ether oxygens (including phenoxy) is 3. The normalized spacial score (nSPS) is 11.3.